The van der Waals surface area contributed by atoms with E-state index in [1.54, 1.807) is 28.7 Å². The molecule has 0 N–H and O–H groups in total. The predicted molar refractivity (Wildman–Crippen MR) is 84.0 cm³/mol. The first-order chi connectivity index (χ1) is 9.65. The average Bonchev–Trinajstić information content (AvgIpc) is 3.05. The van der Waals surface area contributed by atoms with Crippen LogP contribution >= 0.6 is 22.7 Å². The van der Waals surface area contributed by atoms with Gasteiger partial charge in [-0.3, -0.25) is 4.79 Å². The highest BCUT2D eigenvalue weighted by Crippen LogP contribution is 2.32. The molecule has 1 atom stereocenters. The van der Waals surface area contributed by atoms with Gasteiger partial charge >= 0.3 is 0 Å². The second-order valence-electron chi connectivity index (χ2n) is 4.88. The predicted octanol–water partition coefficient (Wildman–Crippen LogP) is 3.67. The number of fused-ring (bicyclic) bond motifs is 1. The molecule has 5 heteroatoms. The van der Waals surface area contributed by atoms with Crippen LogP contribution in [0, 0.1) is 6.92 Å². The van der Waals surface area contributed by atoms with Crippen LogP contribution in [0.1, 0.15) is 34.1 Å². The molecule has 0 spiro atoms. The summed E-state index contributed by atoms with van der Waals surface area (Å²) in [5.41, 5.74) is 2.16. The van der Waals surface area contributed by atoms with Gasteiger partial charge in [0.15, 0.2) is 0 Å². The van der Waals surface area contributed by atoms with E-state index in [4.69, 9.17) is 0 Å². The second kappa shape index (κ2) is 5.50. The summed E-state index contributed by atoms with van der Waals surface area (Å²) in [6, 6.07) is 2.30. The lowest BCUT2D eigenvalue weighted by Gasteiger charge is -2.32. The van der Waals surface area contributed by atoms with Crippen LogP contribution in [0.3, 0.4) is 0 Å². The standard InChI is InChI=1S/C15H16N2OS2/c1-10-13-6-8-19-14(13)5-7-17(10)15(18)4-3-12-9-20-11(2)16-12/h3-4,6,8-10H,5,7H2,1-2H3/b4-3+. The Morgan fingerprint density at radius 3 is 3.10 bits per heavy atom. The van der Waals surface area contributed by atoms with E-state index in [2.05, 4.69) is 23.4 Å². The molecule has 1 unspecified atom stereocenters. The fourth-order valence-corrected chi connectivity index (χ4v) is 4.06. The first-order valence-corrected chi connectivity index (χ1v) is 8.38. The quantitative estimate of drug-likeness (QED) is 0.793. The van der Waals surface area contributed by atoms with Gasteiger partial charge < -0.3 is 4.90 Å². The summed E-state index contributed by atoms with van der Waals surface area (Å²) in [6.07, 6.45) is 4.41. The van der Waals surface area contributed by atoms with E-state index in [9.17, 15) is 4.79 Å². The summed E-state index contributed by atoms with van der Waals surface area (Å²) >= 11 is 3.39. The third-order valence-electron chi connectivity index (χ3n) is 3.59. The van der Waals surface area contributed by atoms with Crippen molar-refractivity contribution in [3.8, 4) is 0 Å². The van der Waals surface area contributed by atoms with Crippen molar-refractivity contribution in [2.45, 2.75) is 26.3 Å². The molecule has 1 amide bonds. The van der Waals surface area contributed by atoms with Crippen LogP contribution in [0.5, 0.6) is 0 Å². The number of hydrogen-bond acceptors (Lipinski definition) is 4. The number of carbonyl (C=O) groups is 1. The minimum atomic E-state index is 0.0694. The Morgan fingerprint density at radius 1 is 1.50 bits per heavy atom. The van der Waals surface area contributed by atoms with E-state index < -0.39 is 0 Å². The molecule has 0 fully saturated rings. The third kappa shape index (κ3) is 2.55. The molecule has 0 saturated heterocycles. The normalized spacial score (nSPS) is 18.5. The van der Waals surface area contributed by atoms with Crippen molar-refractivity contribution in [1.29, 1.82) is 0 Å². The number of rotatable bonds is 2. The van der Waals surface area contributed by atoms with E-state index in [-0.39, 0.29) is 11.9 Å². The number of amides is 1. The molecular weight excluding hydrogens is 288 g/mol. The summed E-state index contributed by atoms with van der Waals surface area (Å²) < 4.78 is 0. The van der Waals surface area contributed by atoms with Crippen LogP contribution in [-0.4, -0.2) is 22.3 Å². The van der Waals surface area contributed by atoms with Crippen LogP contribution in [0.2, 0.25) is 0 Å². The first kappa shape index (κ1) is 13.5. The van der Waals surface area contributed by atoms with Crippen LogP contribution in [0.15, 0.2) is 22.9 Å². The number of hydrogen-bond donors (Lipinski definition) is 0. The maximum Gasteiger partial charge on any atom is 0.247 e. The lowest BCUT2D eigenvalue weighted by atomic mass is 10.0. The van der Waals surface area contributed by atoms with E-state index in [1.807, 2.05) is 23.3 Å². The minimum Gasteiger partial charge on any atom is -0.332 e. The van der Waals surface area contributed by atoms with Crippen molar-refractivity contribution in [1.82, 2.24) is 9.88 Å². The van der Waals surface area contributed by atoms with Gasteiger partial charge in [0.1, 0.15) is 0 Å². The highest BCUT2D eigenvalue weighted by molar-refractivity contribution is 7.10. The lowest BCUT2D eigenvalue weighted by molar-refractivity contribution is -0.128. The van der Waals surface area contributed by atoms with Crippen molar-refractivity contribution in [2.75, 3.05) is 6.54 Å². The third-order valence-corrected chi connectivity index (χ3v) is 5.38. The maximum absolute atomic E-state index is 12.3. The molecule has 0 radical (unpaired) electrons. The Kier molecular flexibility index (Phi) is 3.72. The lowest BCUT2D eigenvalue weighted by Crippen LogP contribution is -2.37. The van der Waals surface area contributed by atoms with Gasteiger partial charge in [0, 0.05) is 22.9 Å². The van der Waals surface area contributed by atoms with Crippen molar-refractivity contribution >= 4 is 34.7 Å². The SMILES string of the molecule is Cc1nc(/C=C/C(=O)N2CCc3sccc3C2C)cs1. The number of carbonyl (C=O) groups excluding carboxylic acids is 1. The van der Waals surface area contributed by atoms with Gasteiger partial charge in [-0.05, 0) is 43.4 Å². The van der Waals surface area contributed by atoms with Crippen molar-refractivity contribution in [3.05, 3.63) is 44.0 Å². The van der Waals surface area contributed by atoms with Gasteiger partial charge in [-0.15, -0.1) is 22.7 Å². The van der Waals surface area contributed by atoms with E-state index in [0.29, 0.717) is 0 Å². The summed E-state index contributed by atoms with van der Waals surface area (Å²) in [6.45, 7) is 4.87. The molecule has 1 aliphatic rings. The van der Waals surface area contributed by atoms with Gasteiger partial charge in [-0.25, -0.2) is 4.98 Å². The molecule has 3 heterocycles. The van der Waals surface area contributed by atoms with E-state index >= 15 is 0 Å². The molecule has 2 aromatic heterocycles. The Labute approximate surface area is 126 Å². The maximum atomic E-state index is 12.3. The zero-order valence-corrected chi connectivity index (χ0v) is 13.1. The monoisotopic (exact) mass is 304 g/mol. The van der Waals surface area contributed by atoms with Gasteiger partial charge in [0.05, 0.1) is 16.7 Å². The largest absolute Gasteiger partial charge is 0.332 e. The van der Waals surface area contributed by atoms with E-state index in [1.165, 1.54) is 10.4 Å². The van der Waals surface area contributed by atoms with Gasteiger partial charge in [-0.2, -0.15) is 0 Å². The molecule has 0 saturated carbocycles. The number of thiophene rings is 1. The van der Waals surface area contributed by atoms with Crippen molar-refractivity contribution in [3.63, 3.8) is 0 Å². The Hall–Kier alpha value is -1.46. The smallest absolute Gasteiger partial charge is 0.247 e. The van der Waals surface area contributed by atoms with E-state index in [0.717, 1.165) is 23.7 Å². The molecule has 1 aliphatic heterocycles. The van der Waals surface area contributed by atoms with Gasteiger partial charge in [0.2, 0.25) is 5.91 Å². The summed E-state index contributed by atoms with van der Waals surface area (Å²) in [4.78, 5) is 20.0. The number of aryl methyl sites for hydroxylation is 1. The fraction of sp³-hybridized carbons (Fsp3) is 0.333. The zero-order valence-electron chi connectivity index (χ0n) is 11.5. The highest BCUT2D eigenvalue weighted by Gasteiger charge is 2.26. The molecule has 2 aromatic rings. The highest BCUT2D eigenvalue weighted by atomic mass is 32.1. The number of thiazole rings is 1. The number of aromatic nitrogens is 1. The first-order valence-electron chi connectivity index (χ1n) is 6.62. The molecule has 20 heavy (non-hydrogen) atoms. The molecule has 104 valence electrons. The Balaban J connectivity index is 1.74. The van der Waals surface area contributed by atoms with Crippen molar-refractivity contribution < 1.29 is 4.79 Å². The topological polar surface area (TPSA) is 33.2 Å². The zero-order chi connectivity index (χ0) is 14.1. The van der Waals surface area contributed by atoms with Crippen LogP contribution in [0.25, 0.3) is 6.08 Å². The van der Waals surface area contributed by atoms with Crippen LogP contribution in [-0.2, 0) is 11.2 Å². The Morgan fingerprint density at radius 2 is 2.35 bits per heavy atom. The van der Waals surface area contributed by atoms with Crippen LogP contribution < -0.4 is 0 Å². The fourth-order valence-electron chi connectivity index (χ4n) is 2.52. The van der Waals surface area contributed by atoms with Crippen LogP contribution in [0.4, 0.5) is 0 Å². The molecule has 0 bridgehead atoms. The Bertz CT molecular complexity index is 656. The molecule has 0 aliphatic carbocycles. The number of nitrogens with zero attached hydrogens (tertiary/aromatic N) is 2. The molecule has 3 rings (SSSR count). The average molecular weight is 304 g/mol. The molecular formula is C15H16N2OS2. The molecule has 3 nitrogen and oxygen atoms in total. The van der Waals surface area contributed by atoms with Crippen molar-refractivity contribution in [2.24, 2.45) is 0 Å². The summed E-state index contributed by atoms with van der Waals surface area (Å²) in [5.74, 6) is 0.0694. The minimum absolute atomic E-state index is 0.0694. The second-order valence-corrected chi connectivity index (χ2v) is 6.94. The van der Waals surface area contributed by atoms with Gasteiger partial charge in [0.25, 0.3) is 0 Å². The summed E-state index contributed by atoms with van der Waals surface area (Å²) in [7, 11) is 0. The molecule has 0 aromatic carbocycles. The summed E-state index contributed by atoms with van der Waals surface area (Å²) in [5, 5.41) is 5.10. The van der Waals surface area contributed by atoms with Gasteiger partial charge in [-0.1, -0.05) is 0 Å².